The maximum Gasteiger partial charge on any atom is 0.329 e. The van der Waals surface area contributed by atoms with Crippen LogP contribution in [0.2, 0.25) is 5.02 Å². The molecule has 2 atom stereocenters. The highest BCUT2D eigenvalue weighted by atomic mass is 35.5. The Kier molecular flexibility index (Phi) is 8.05. The van der Waals surface area contributed by atoms with Crippen molar-refractivity contribution in [3.05, 3.63) is 64.7 Å². The molecule has 0 N–H and O–H groups in total. The number of rotatable bonds is 8. The van der Waals surface area contributed by atoms with E-state index in [1.165, 1.54) is 11.8 Å². The number of benzene rings is 2. The molecule has 0 saturated carbocycles. The highest BCUT2D eigenvalue weighted by Gasteiger charge is 2.43. The summed E-state index contributed by atoms with van der Waals surface area (Å²) in [4.78, 5) is 27.6. The van der Waals surface area contributed by atoms with E-state index in [-0.39, 0.29) is 23.9 Å². The van der Waals surface area contributed by atoms with Gasteiger partial charge in [-0.05, 0) is 55.3 Å². The summed E-state index contributed by atoms with van der Waals surface area (Å²) in [5, 5.41) is 0.278. The Labute approximate surface area is 186 Å². The second-order valence-electron chi connectivity index (χ2n) is 6.95. The monoisotopic (exact) mass is 447 g/mol. The topological polar surface area (TPSA) is 55.8 Å². The van der Waals surface area contributed by atoms with Crippen molar-refractivity contribution in [2.75, 3.05) is 19.0 Å². The first-order valence-corrected chi connectivity index (χ1v) is 11.6. The lowest BCUT2D eigenvalue weighted by Crippen LogP contribution is -2.43. The molecule has 1 fully saturated rings. The Balaban J connectivity index is 1.86. The van der Waals surface area contributed by atoms with Gasteiger partial charge in [-0.1, -0.05) is 37.1 Å². The van der Waals surface area contributed by atoms with Gasteiger partial charge in [-0.2, -0.15) is 0 Å². The summed E-state index contributed by atoms with van der Waals surface area (Å²) in [6.07, 6.45) is 2.04. The molecule has 160 valence electrons. The smallest absolute Gasteiger partial charge is 0.329 e. The molecule has 2 aromatic carbocycles. The number of esters is 1. The van der Waals surface area contributed by atoms with Gasteiger partial charge in [-0.25, -0.2) is 4.79 Å². The normalized spacial score (nSPS) is 18.3. The molecule has 0 radical (unpaired) electrons. The molecular weight excluding hydrogens is 422 g/mol. The first-order valence-electron chi connectivity index (χ1n) is 10.1. The van der Waals surface area contributed by atoms with Crippen molar-refractivity contribution in [3.63, 3.8) is 0 Å². The first-order chi connectivity index (χ1) is 14.5. The Morgan fingerprint density at radius 1 is 1.17 bits per heavy atom. The predicted molar refractivity (Wildman–Crippen MR) is 120 cm³/mol. The summed E-state index contributed by atoms with van der Waals surface area (Å²) in [7, 11) is 0. The molecule has 0 aliphatic carbocycles. The van der Waals surface area contributed by atoms with E-state index in [0.29, 0.717) is 22.9 Å². The van der Waals surface area contributed by atoms with Crippen LogP contribution in [0, 0.1) is 0 Å². The second-order valence-corrected chi connectivity index (χ2v) is 8.50. The summed E-state index contributed by atoms with van der Waals surface area (Å²) >= 11 is 7.70. The van der Waals surface area contributed by atoms with Crippen LogP contribution in [0.4, 0.5) is 0 Å². The van der Waals surface area contributed by atoms with Crippen molar-refractivity contribution in [2.24, 2.45) is 0 Å². The molecule has 0 spiro atoms. The van der Waals surface area contributed by atoms with Crippen LogP contribution < -0.4 is 4.74 Å². The third-order valence-corrected chi connectivity index (χ3v) is 6.35. The van der Waals surface area contributed by atoms with Gasteiger partial charge in [0.25, 0.3) is 5.91 Å². The molecule has 1 heterocycles. The predicted octanol–water partition coefficient (Wildman–Crippen LogP) is 5.34. The lowest BCUT2D eigenvalue weighted by molar-refractivity contribution is -0.147. The maximum absolute atomic E-state index is 13.4. The van der Waals surface area contributed by atoms with Crippen LogP contribution in [0.25, 0.3) is 0 Å². The molecule has 1 aliphatic heterocycles. The van der Waals surface area contributed by atoms with Crippen molar-refractivity contribution in [3.8, 4) is 5.75 Å². The summed E-state index contributed by atoms with van der Waals surface area (Å²) < 4.78 is 10.9. The molecule has 1 amide bonds. The van der Waals surface area contributed by atoms with Gasteiger partial charge in [-0.15, -0.1) is 11.8 Å². The van der Waals surface area contributed by atoms with E-state index >= 15 is 0 Å². The molecule has 0 aromatic heterocycles. The van der Waals surface area contributed by atoms with Crippen LogP contribution in [-0.2, 0) is 9.53 Å². The van der Waals surface area contributed by atoms with Crippen molar-refractivity contribution in [1.29, 1.82) is 0 Å². The number of nitrogens with zero attached hydrogens (tertiary/aromatic N) is 1. The number of hydrogen-bond donors (Lipinski definition) is 0. The highest BCUT2D eigenvalue weighted by Crippen LogP contribution is 2.43. The largest absolute Gasteiger partial charge is 0.494 e. The van der Waals surface area contributed by atoms with Gasteiger partial charge < -0.3 is 14.4 Å². The zero-order valence-electron chi connectivity index (χ0n) is 17.2. The van der Waals surface area contributed by atoms with Crippen LogP contribution in [-0.4, -0.2) is 41.8 Å². The SMILES string of the molecule is CCCCOc1ccc(C(=O)N2C(C(=O)OCC)CSC2c2cccc(Cl)c2)cc1. The fourth-order valence-corrected chi connectivity index (χ4v) is 4.87. The number of carbonyl (C=O) groups is 2. The minimum absolute atomic E-state index is 0.219. The van der Waals surface area contributed by atoms with E-state index in [1.807, 2.05) is 18.2 Å². The molecule has 5 nitrogen and oxygen atoms in total. The second kappa shape index (κ2) is 10.7. The summed E-state index contributed by atoms with van der Waals surface area (Å²) in [6.45, 7) is 4.79. The van der Waals surface area contributed by atoms with Gasteiger partial charge in [0, 0.05) is 16.3 Å². The average molecular weight is 448 g/mol. The van der Waals surface area contributed by atoms with Crippen LogP contribution in [0.1, 0.15) is 48.0 Å². The standard InChI is InChI=1S/C23H26ClNO4S/c1-3-5-13-29-19-11-9-16(10-12-19)21(26)25-20(23(27)28-4-2)15-30-22(25)17-7-6-8-18(24)14-17/h6-12,14,20,22H,3-5,13,15H2,1-2H3. The zero-order chi connectivity index (χ0) is 21.5. The molecule has 1 aliphatic rings. The number of ether oxygens (including phenoxy) is 2. The fourth-order valence-electron chi connectivity index (χ4n) is 3.27. The lowest BCUT2D eigenvalue weighted by atomic mass is 10.1. The Morgan fingerprint density at radius 2 is 1.93 bits per heavy atom. The van der Waals surface area contributed by atoms with Gasteiger partial charge in [0.15, 0.2) is 0 Å². The van der Waals surface area contributed by atoms with Crippen molar-refractivity contribution < 1.29 is 19.1 Å². The van der Waals surface area contributed by atoms with Crippen molar-refractivity contribution in [2.45, 2.75) is 38.1 Å². The molecule has 1 saturated heterocycles. The van der Waals surface area contributed by atoms with Gasteiger partial charge in [0.05, 0.1) is 13.2 Å². The van der Waals surface area contributed by atoms with E-state index in [2.05, 4.69) is 6.92 Å². The number of unbranched alkanes of at least 4 members (excludes halogenated alkanes) is 1. The quantitative estimate of drug-likeness (QED) is 0.404. The number of thioether (sulfide) groups is 1. The maximum atomic E-state index is 13.4. The Bertz CT molecular complexity index is 874. The summed E-state index contributed by atoms with van der Waals surface area (Å²) in [5.74, 6) is 0.592. The summed E-state index contributed by atoms with van der Waals surface area (Å²) in [6, 6.07) is 13.8. The number of carbonyl (C=O) groups excluding carboxylic acids is 2. The molecule has 30 heavy (non-hydrogen) atoms. The molecule has 2 aromatic rings. The molecule has 3 rings (SSSR count). The minimum atomic E-state index is -0.646. The molecular formula is C23H26ClNO4S. The lowest BCUT2D eigenvalue weighted by Gasteiger charge is -2.28. The Hall–Kier alpha value is -2.18. The fraction of sp³-hybridized carbons (Fsp3) is 0.391. The van der Waals surface area contributed by atoms with E-state index in [9.17, 15) is 9.59 Å². The summed E-state index contributed by atoms with van der Waals surface area (Å²) in [5.41, 5.74) is 1.38. The van der Waals surface area contributed by atoms with Crippen LogP contribution in [0.5, 0.6) is 5.75 Å². The third kappa shape index (κ3) is 5.29. The molecule has 7 heteroatoms. The minimum Gasteiger partial charge on any atom is -0.494 e. The van der Waals surface area contributed by atoms with Crippen LogP contribution in [0.3, 0.4) is 0 Å². The Morgan fingerprint density at radius 3 is 2.60 bits per heavy atom. The van der Waals surface area contributed by atoms with E-state index in [4.69, 9.17) is 21.1 Å². The zero-order valence-corrected chi connectivity index (χ0v) is 18.7. The van der Waals surface area contributed by atoms with Crippen molar-refractivity contribution in [1.82, 2.24) is 4.90 Å². The van der Waals surface area contributed by atoms with E-state index < -0.39 is 6.04 Å². The molecule has 0 bridgehead atoms. The average Bonchev–Trinajstić information content (AvgIpc) is 3.19. The van der Waals surface area contributed by atoms with Gasteiger partial charge >= 0.3 is 5.97 Å². The van der Waals surface area contributed by atoms with E-state index in [1.54, 1.807) is 42.2 Å². The highest BCUT2D eigenvalue weighted by molar-refractivity contribution is 7.99. The van der Waals surface area contributed by atoms with Crippen LogP contribution >= 0.6 is 23.4 Å². The third-order valence-electron chi connectivity index (χ3n) is 4.80. The number of amides is 1. The van der Waals surface area contributed by atoms with Crippen LogP contribution in [0.15, 0.2) is 48.5 Å². The molecule has 2 unspecified atom stereocenters. The van der Waals surface area contributed by atoms with Gasteiger partial charge in [0.1, 0.15) is 17.2 Å². The first kappa shape index (κ1) is 22.5. The van der Waals surface area contributed by atoms with Crippen molar-refractivity contribution >= 4 is 35.2 Å². The number of hydrogen-bond acceptors (Lipinski definition) is 5. The van der Waals surface area contributed by atoms with E-state index in [0.717, 1.165) is 24.2 Å². The van der Waals surface area contributed by atoms with Gasteiger partial charge in [0.2, 0.25) is 0 Å². The number of halogens is 1. The van der Waals surface area contributed by atoms with Gasteiger partial charge in [-0.3, -0.25) is 4.79 Å².